The Hall–Kier alpha value is -4.90. The van der Waals surface area contributed by atoms with Crippen LogP contribution in [-0.2, 0) is 66.3 Å². The molecule has 0 bridgehead atoms. The van der Waals surface area contributed by atoms with Gasteiger partial charge in [-0.25, -0.2) is 13.2 Å². The molecular weight excluding hydrogens is 1400 g/mol. The fourth-order valence-electron chi connectivity index (χ4n) is 8.64. The Morgan fingerprint density at radius 3 is 1.46 bits per heavy atom. The summed E-state index contributed by atoms with van der Waals surface area (Å²) in [6, 6.07) is 28.4. The number of hydrogen-bond acceptors (Lipinski definition) is 14. The van der Waals surface area contributed by atoms with E-state index in [2.05, 4.69) is 44.9 Å². The third kappa shape index (κ3) is 35.3. The molecule has 5 amide bonds. The van der Waals surface area contributed by atoms with E-state index in [1.807, 2.05) is 27.7 Å². The number of halogens is 7. The largest absolute Gasteiger partial charge is 1.00 e. The van der Waals surface area contributed by atoms with Gasteiger partial charge in [-0.15, -0.1) is 11.6 Å². The number of aryl methyl sites for hydroxylation is 1. The van der Waals surface area contributed by atoms with Crippen LogP contribution in [0.15, 0.2) is 103 Å². The molecule has 7 rings (SSSR count). The number of carbonyl (C=O) groups is 8. The molecule has 0 aliphatic heterocycles. The molecular formula is C66H88Cl4F3K2N11O11. The normalized spacial score (nSPS) is 10.9. The van der Waals surface area contributed by atoms with Gasteiger partial charge in [-0.1, -0.05) is 162 Å². The zero-order chi connectivity index (χ0) is 69.7. The van der Waals surface area contributed by atoms with E-state index in [1.165, 1.54) is 44.9 Å². The number of amides is 5. The molecule has 0 aliphatic rings. The molecule has 7 aromatic rings. The van der Waals surface area contributed by atoms with Crippen LogP contribution in [0.4, 0.5) is 13.2 Å². The van der Waals surface area contributed by atoms with Gasteiger partial charge < -0.3 is 54.7 Å². The van der Waals surface area contributed by atoms with E-state index < -0.39 is 41.1 Å². The average molecular weight is 1490 g/mol. The molecule has 97 heavy (non-hydrogen) atoms. The Bertz CT molecular complexity index is 3580. The van der Waals surface area contributed by atoms with Crippen LogP contribution in [-0.4, -0.2) is 114 Å². The van der Waals surface area contributed by atoms with Gasteiger partial charge in [0.25, 0.3) is 18.3 Å². The van der Waals surface area contributed by atoms with Crippen molar-refractivity contribution in [2.45, 2.75) is 152 Å². The van der Waals surface area contributed by atoms with Gasteiger partial charge in [0, 0.05) is 59.5 Å². The number of Topliss-reactive ketones (excluding diaryl/α,β-unsaturated/α-hetero) is 1. The summed E-state index contributed by atoms with van der Waals surface area (Å²) in [5.41, 5.74) is 18.5. The Kier molecular flexibility index (Phi) is 52.6. The number of nitrogens with zero attached hydrogens (tertiary/aromatic N) is 5. The summed E-state index contributed by atoms with van der Waals surface area (Å²) in [7, 11) is 0. The fraction of sp³-hybridized carbons (Fsp3) is 0.394. The van der Waals surface area contributed by atoms with Gasteiger partial charge in [-0.2, -0.15) is 10.2 Å². The molecule has 10 N–H and O–H groups in total. The molecule has 2 aromatic heterocycles. The monoisotopic (exact) mass is 1490 g/mol. The topological polar surface area (TPSA) is 342 Å². The first-order valence-electron chi connectivity index (χ1n) is 29.3. The summed E-state index contributed by atoms with van der Waals surface area (Å²) in [5, 5.41) is 34.9. The van der Waals surface area contributed by atoms with Crippen LogP contribution >= 0.6 is 46.4 Å². The maximum atomic E-state index is 14.1. The van der Waals surface area contributed by atoms with E-state index in [4.69, 9.17) is 78.8 Å². The van der Waals surface area contributed by atoms with Gasteiger partial charge >= 0.3 is 109 Å². The number of para-hydroxylation sites is 2. The second-order valence-corrected chi connectivity index (χ2v) is 22.2. The number of nitrogens with one attached hydrogen (secondary N) is 3. The first-order valence-corrected chi connectivity index (χ1v) is 31.0. The first kappa shape index (κ1) is 96.3. The molecule has 31 heteroatoms. The van der Waals surface area contributed by atoms with Crippen molar-refractivity contribution in [2.24, 2.45) is 17.2 Å². The molecule has 0 unspecified atom stereocenters. The summed E-state index contributed by atoms with van der Waals surface area (Å²) in [6.45, 7) is 11.6. The van der Waals surface area contributed by atoms with Crippen LogP contribution in [0.3, 0.4) is 0 Å². The second-order valence-electron chi connectivity index (χ2n) is 20.7. The molecule has 0 saturated carbocycles. The number of aromatic nitrogens is 4. The first-order chi connectivity index (χ1) is 44.2. The predicted octanol–water partition coefficient (Wildman–Crippen LogP) is 4.54. The number of rotatable bonds is 27. The number of aliphatic carboxylic acids is 1. The van der Waals surface area contributed by atoms with Crippen LogP contribution in [0, 0.1) is 17.5 Å². The van der Waals surface area contributed by atoms with Crippen molar-refractivity contribution in [3.8, 4) is 0 Å². The van der Waals surface area contributed by atoms with Gasteiger partial charge in [0.2, 0.25) is 17.7 Å². The number of benzene rings is 5. The smallest absolute Gasteiger partial charge is 1.00 e. The zero-order valence-electron chi connectivity index (χ0n) is 55.4. The van der Waals surface area contributed by atoms with Crippen molar-refractivity contribution in [3.05, 3.63) is 164 Å². The predicted molar refractivity (Wildman–Crippen MR) is 365 cm³/mol. The number of nitrogens with two attached hydrogens (primary N) is 3. The van der Waals surface area contributed by atoms with Gasteiger partial charge in [-0.3, -0.25) is 47.7 Å². The van der Waals surface area contributed by atoms with Gasteiger partial charge in [0.05, 0.1) is 45.1 Å². The van der Waals surface area contributed by atoms with Gasteiger partial charge in [0.15, 0.2) is 11.4 Å². The van der Waals surface area contributed by atoms with Crippen molar-refractivity contribution < 1.29 is 171 Å². The van der Waals surface area contributed by atoms with Gasteiger partial charge in [-0.05, 0) is 82.3 Å². The third-order valence-electron chi connectivity index (χ3n) is 13.2. The second kappa shape index (κ2) is 53.0. The molecule has 524 valence electrons. The summed E-state index contributed by atoms with van der Waals surface area (Å²) in [4.78, 5) is 94.6. The summed E-state index contributed by atoms with van der Waals surface area (Å²) in [5.74, 6) is -4.93. The number of ketones is 1. The van der Waals surface area contributed by atoms with Crippen molar-refractivity contribution in [3.63, 3.8) is 0 Å². The van der Waals surface area contributed by atoms with Crippen molar-refractivity contribution in [2.75, 3.05) is 19.0 Å². The molecule has 0 aliphatic carbocycles. The molecule has 5 aromatic carbocycles. The van der Waals surface area contributed by atoms with E-state index in [9.17, 15) is 46.7 Å². The number of primary amides is 2. The number of hydrogen-bond donors (Lipinski definition) is 7. The third-order valence-corrected chi connectivity index (χ3v) is 14.4. The Labute approximate surface area is 671 Å². The van der Waals surface area contributed by atoms with E-state index in [1.54, 1.807) is 78.9 Å². The standard InChI is InChI=1S/C24H27ClFN5O3.C14H20ClFN2O.C10H9Cl2FO.C10H9N3O3.C5H13N.CH2O3.2CH4.2K.H/c1-3-7-15(2)30(13-20(32)28-12-16-8-6-10-18(25)22(16)26)21(33)14-31-19-11-5-4-9-17(19)23(29-31)24(27)34;1-3-5-10(2)17-9-13(19)18-8-11-6-4-7-12(15)14(11)16;11-6-8(14)5-4-7-2-1-3-9(12)10(7)13;11-10(16)9-6-3-1-2-4-7(6)13(12-9)5-8(14)15;1-3-4-5(2)6;2-1-4-3;;;;;/h4-6,8-11,15H,3,7,12-14H2,1-2H3,(H2,27,34)(H,28,32);4,6-7,10,17H,3,5,8-9H2,1-2H3,(H,18,19);1-3H,4-6H2;1-4H,5H2,(H2,11,16)(H,14,15);5H,3-4,6H2,1-2H3;1,3H;2*1H4;;;/q;;;;;;;;2*+1;-1/p-1/t15-;10-;;;5-;;;;;;/m00..0....../s1. The van der Waals surface area contributed by atoms with Gasteiger partial charge in [0.1, 0.15) is 36.3 Å². The Morgan fingerprint density at radius 2 is 1.07 bits per heavy atom. The van der Waals surface area contributed by atoms with Crippen LogP contribution in [0.1, 0.15) is 140 Å². The number of fused-ring (bicyclic) bond motifs is 2. The summed E-state index contributed by atoms with van der Waals surface area (Å²) >= 11 is 22.4. The van der Waals surface area contributed by atoms with Crippen molar-refractivity contribution >= 4 is 116 Å². The fourth-order valence-corrected chi connectivity index (χ4v) is 9.36. The molecule has 2 heterocycles. The molecule has 3 atom stereocenters. The van der Waals surface area contributed by atoms with Crippen molar-refractivity contribution in [1.82, 2.24) is 40.4 Å². The van der Waals surface area contributed by atoms with E-state index in [0.29, 0.717) is 57.9 Å². The minimum absolute atomic E-state index is 0. The Morgan fingerprint density at radius 1 is 0.660 bits per heavy atom. The van der Waals surface area contributed by atoms with Crippen LogP contribution in [0.2, 0.25) is 15.1 Å². The minimum atomic E-state index is -1.02. The molecule has 0 saturated heterocycles. The SMILES string of the molecule is C.C.CCC[C@H](C)N.CCC[C@H](C)N(CC(=O)NCc1cccc(Cl)c1F)C(=O)Cn1nc(C(N)=O)c2ccccc21.CCC[C@H](C)NCC(=O)NCc1cccc(Cl)c1F.NC(=O)c1nn(CC(=O)O)c2ccccc12.O=C(CCl)CCc1cccc(Cl)c1F.O=CO[O-].[H-].[K+].[K+]. The molecule has 0 spiro atoms. The molecule has 22 nitrogen and oxygen atoms in total. The molecule has 0 radical (unpaired) electrons. The van der Waals surface area contributed by atoms with E-state index >= 15 is 0 Å². The number of carboxylic acid groups (broad SMARTS) is 1. The van der Waals surface area contributed by atoms with E-state index in [0.717, 1.165) is 25.7 Å². The molecule has 0 fully saturated rings. The van der Waals surface area contributed by atoms with Crippen molar-refractivity contribution in [1.29, 1.82) is 0 Å². The van der Waals surface area contributed by atoms with Crippen LogP contribution in [0.25, 0.3) is 21.8 Å². The minimum Gasteiger partial charge on any atom is -1.00 e. The number of carbonyl (C=O) groups excluding carboxylic acids is 7. The van der Waals surface area contributed by atoms with Crippen LogP contribution in [0.5, 0.6) is 0 Å². The number of alkyl halides is 1. The zero-order valence-corrected chi connectivity index (χ0v) is 63.6. The Balaban J connectivity index is -0.000000594. The summed E-state index contributed by atoms with van der Waals surface area (Å²) in [6.07, 6.45) is 6.56. The van der Waals surface area contributed by atoms with Crippen LogP contribution < -0.4 is 141 Å². The maximum Gasteiger partial charge on any atom is 1.00 e. The average Bonchev–Trinajstić information content (AvgIpc) is 1.65. The number of carboxylic acids is 1. The maximum absolute atomic E-state index is 14.1. The summed E-state index contributed by atoms with van der Waals surface area (Å²) < 4.78 is 43.6. The van der Waals surface area contributed by atoms with E-state index in [-0.39, 0.29) is 233 Å². The quantitative estimate of drug-likeness (QED) is 0.0122.